The number of fused-ring (bicyclic) bond motifs is 1. The van der Waals surface area contributed by atoms with Crippen molar-refractivity contribution in [3.05, 3.63) is 100 Å². The summed E-state index contributed by atoms with van der Waals surface area (Å²) in [5, 5.41) is 7.44. The minimum Gasteiger partial charge on any atom is -0.368 e. The predicted octanol–water partition coefficient (Wildman–Crippen LogP) is 5.08. The van der Waals surface area contributed by atoms with Crippen molar-refractivity contribution in [1.29, 1.82) is 0 Å². The molecule has 2 aliphatic heterocycles. The fourth-order valence-corrected chi connectivity index (χ4v) is 6.59. The van der Waals surface area contributed by atoms with Crippen molar-refractivity contribution < 1.29 is 9.59 Å². The molecule has 3 aromatic rings. The van der Waals surface area contributed by atoms with Crippen molar-refractivity contribution in [1.82, 2.24) is 20.4 Å². The van der Waals surface area contributed by atoms with Gasteiger partial charge in [-0.25, -0.2) is 0 Å². The Bertz CT molecular complexity index is 1440. The molecule has 7 nitrogen and oxygen atoms in total. The van der Waals surface area contributed by atoms with Crippen molar-refractivity contribution in [2.45, 2.75) is 58.3 Å². The van der Waals surface area contributed by atoms with Crippen LogP contribution < -0.4 is 15.5 Å². The van der Waals surface area contributed by atoms with Gasteiger partial charge in [-0.2, -0.15) is 0 Å². The van der Waals surface area contributed by atoms with E-state index in [4.69, 9.17) is 11.6 Å². The molecule has 1 fully saturated rings. The lowest BCUT2D eigenvalue weighted by Crippen LogP contribution is -2.59. The zero-order valence-electron chi connectivity index (χ0n) is 26.6. The van der Waals surface area contributed by atoms with Crippen LogP contribution in [0.4, 0.5) is 5.69 Å². The Morgan fingerprint density at radius 1 is 0.955 bits per heavy atom. The number of piperazine rings is 1. The van der Waals surface area contributed by atoms with E-state index in [1.165, 1.54) is 22.4 Å². The van der Waals surface area contributed by atoms with Gasteiger partial charge >= 0.3 is 0 Å². The van der Waals surface area contributed by atoms with E-state index in [9.17, 15) is 9.59 Å². The highest BCUT2D eigenvalue weighted by Gasteiger charge is 2.38. The fraction of sp³-hybridized carbons (Fsp3) is 0.444. The molecule has 0 aromatic heterocycles. The van der Waals surface area contributed by atoms with Crippen molar-refractivity contribution in [2.24, 2.45) is 5.41 Å². The van der Waals surface area contributed by atoms with Crippen LogP contribution in [-0.4, -0.2) is 74.0 Å². The van der Waals surface area contributed by atoms with E-state index >= 15 is 0 Å². The van der Waals surface area contributed by atoms with Crippen LogP contribution in [0, 0.1) is 5.41 Å². The summed E-state index contributed by atoms with van der Waals surface area (Å²) in [5.74, 6) is -0.185. The van der Waals surface area contributed by atoms with Crippen molar-refractivity contribution in [3.8, 4) is 0 Å². The SMILES string of the molecule is CN(C)Cc1ccccc1N1CCN(C(=O)[C@@H](Cc2ccc(Cl)cc2)NC(=O)[C@@H]2Cc3ccccc3C(C(C)(C)C)N2)CC1. The van der Waals surface area contributed by atoms with Gasteiger partial charge in [0, 0.05) is 55.9 Å². The molecule has 234 valence electrons. The molecular weight excluding hydrogens is 570 g/mol. The summed E-state index contributed by atoms with van der Waals surface area (Å²) in [7, 11) is 4.15. The quantitative estimate of drug-likeness (QED) is 0.370. The molecule has 0 saturated carbocycles. The number of halogens is 1. The van der Waals surface area contributed by atoms with E-state index in [0.29, 0.717) is 31.0 Å². The Hall–Kier alpha value is -3.39. The van der Waals surface area contributed by atoms with E-state index in [0.717, 1.165) is 25.2 Å². The number of nitrogens with one attached hydrogen (secondary N) is 2. The monoisotopic (exact) mass is 615 g/mol. The second-order valence-electron chi connectivity index (χ2n) is 13.5. The highest BCUT2D eigenvalue weighted by atomic mass is 35.5. The molecule has 8 heteroatoms. The average Bonchev–Trinajstić information content (AvgIpc) is 3.00. The van der Waals surface area contributed by atoms with Gasteiger partial charge in [0.15, 0.2) is 0 Å². The lowest BCUT2D eigenvalue weighted by atomic mass is 9.77. The standard InChI is InChI=1S/C36H46ClN5O2/c1-36(2,3)33-29-12-8-6-10-26(29)23-30(38-33)34(43)39-31(22-25-14-16-28(37)17-15-25)35(44)42-20-18-41(19-21-42)32-13-9-7-11-27(32)24-40(4)5/h6-17,30-31,33,38H,18-24H2,1-5H3,(H,39,43)/t30-,31+,33?/m0/s1. The van der Waals surface area contributed by atoms with Gasteiger partial charge in [0.25, 0.3) is 0 Å². The zero-order valence-corrected chi connectivity index (χ0v) is 27.4. The third-order valence-corrected chi connectivity index (χ3v) is 8.97. The topological polar surface area (TPSA) is 67.9 Å². The van der Waals surface area contributed by atoms with Crippen LogP contribution >= 0.6 is 11.6 Å². The van der Waals surface area contributed by atoms with E-state index in [1.807, 2.05) is 35.2 Å². The molecule has 5 rings (SSSR count). The van der Waals surface area contributed by atoms with Gasteiger partial charge in [0.1, 0.15) is 6.04 Å². The number of para-hydroxylation sites is 1. The minimum absolute atomic E-state index is 0.0251. The summed E-state index contributed by atoms with van der Waals surface area (Å²) < 4.78 is 0. The third kappa shape index (κ3) is 7.63. The maximum Gasteiger partial charge on any atom is 0.245 e. The molecule has 1 saturated heterocycles. The molecule has 1 unspecified atom stereocenters. The number of carbonyl (C=O) groups excluding carboxylic acids is 2. The molecule has 2 amide bonds. The fourth-order valence-electron chi connectivity index (χ4n) is 6.47. The first-order valence-electron chi connectivity index (χ1n) is 15.6. The number of rotatable bonds is 8. The summed E-state index contributed by atoms with van der Waals surface area (Å²) >= 11 is 6.15. The van der Waals surface area contributed by atoms with Crippen molar-refractivity contribution in [2.75, 3.05) is 45.2 Å². The highest BCUT2D eigenvalue weighted by Crippen LogP contribution is 2.38. The minimum atomic E-state index is -0.677. The Morgan fingerprint density at radius 3 is 2.30 bits per heavy atom. The summed E-state index contributed by atoms with van der Waals surface area (Å²) in [5.41, 5.74) is 5.79. The largest absolute Gasteiger partial charge is 0.368 e. The number of hydrogen-bond acceptors (Lipinski definition) is 5. The number of carbonyl (C=O) groups is 2. The molecule has 2 N–H and O–H groups in total. The van der Waals surface area contributed by atoms with Crippen molar-refractivity contribution in [3.63, 3.8) is 0 Å². The molecule has 3 atom stereocenters. The van der Waals surface area contributed by atoms with Crippen LogP contribution in [0.3, 0.4) is 0 Å². The maximum absolute atomic E-state index is 14.1. The van der Waals surface area contributed by atoms with E-state index in [1.54, 1.807) is 0 Å². The molecule has 44 heavy (non-hydrogen) atoms. The second-order valence-corrected chi connectivity index (χ2v) is 13.9. The van der Waals surface area contributed by atoms with Crippen LogP contribution in [0.15, 0.2) is 72.8 Å². The van der Waals surface area contributed by atoms with Crippen LogP contribution in [0.5, 0.6) is 0 Å². The number of amides is 2. The van der Waals surface area contributed by atoms with Gasteiger partial charge in [0.2, 0.25) is 11.8 Å². The van der Waals surface area contributed by atoms with E-state index in [2.05, 4.69) is 97.8 Å². The smallest absolute Gasteiger partial charge is 0.245 e. The molecule has 2 heterocycles. The molecular formula is C36H46ClN5O2. The van der Waals surface area contributed by atoms with Gasteiger partial charge in [-0.3, -0.25) is 14.9 Å². The van der Waals surface area contributed by atoms with Crippen LogP contribution in [0.2, 0.25) is 5.02 Å². The molecule has 0 spiro atoms. The molecule has 2 aliphatic rings. The summed E-state index contributed by atoms with van der Waals surface area (Å²) in [6.45, 7) is 10.1. The maximum atomic E-state index is 14.1. The summed E-state index contributed by atoms with van der Waals surface area (Å²) in [6, 6.07) is 23.3. The third-order valence-electron chi connectivity index (χ3n) is 8.72. The normalized spacial score (nSPS) is 19.4. The molecule has 3 aromatic carbocycles. The number of nitrogens with zero attached hydrogens (tertiary/aromatic N) is 3. The Labute approximate surface area is 267 Å². The first kappa shape index (κ1) is 32.0. The molecule has 0 bridgehead atoms. The molecule has 0 aliphatic carbocycles. The van der Waals surface area contributed by atoms with Gasteiger partial charge in [0.05, 0.1) is 6.04 Å². The lowest BCUT2D eigenvalue weighted by molar-refractivity contribution is -0.137. The average molecular weight is 616 g/mol. The Morgan fingerprint density at radius 2 is 1.61 bits per heavy atom. The van der Waals surface area contributed by atoms with E-state index in [-0.39, 0.29) is 23.3 Å². The summed E-state index contributed by atoms with van der Waals surface area (Å²) in [6.07, 6.45) is 0.987. The second kappa shape index (κ2) is 13.7. The van der Waals surface area contributed by atoms with E-state index < -0.39 is 12.1 Å². The number of hydrogen-bond donors (Lipinski definition) is 2. The first-order chi connectivity index (χ1) is 21.0. The van der Waals surface area contributed by atoms with Crippen LogP contribution in [0.25, 0.3) is 0 Å². The van der Waals surface area contributed by atoms with Gasteiger partial charge in [-0.05, 0) is 66.4 Å². The highest BCUT2D eigenvalue weighted by molar-refractivity contribution is 6.30. The Balaban J connectivity index is 1.32. The first-order valence-corrected chi connectivity index (χ1v) is 16.0. The molecule has 0 radical (unpaired) electrons. The summed E-state index contributed by atoms with van der Waals surface area (Å²) in [4.78, 5) is 34.5. The lowest BCUT2D eigenvalue weighted by Gasteiger charge is -2.41. The number of benzene rings is 3. The van der Waals surface area contributed by atoms with Crippen molar-refractivity contribution >= 4 is 29.1 Å². The van der Waals surface area contributed by atoms with Crippen LogP contribution in [-0.2, 0) is 29.0 Å². The zero-order chi connectivity index (χ0) is 31.4. The van der Waals surface area contributed by atoms with Gasteiger partial charge < -0.3 is 20.0 Å². The number of anilines is 1. The van der Waals surface area contributed by atoms with Gasteiger partial charge in [-0.1, -0.05) is 87.0 Å². The van der Waals surface area contributed by atoms with Crippen LogP contribution in [0.1, 0.15) is 49.1 Å². The van der Waals surface area contributed by atoms with Gasteiger partial charge in [-0.15, -0.1) is 0 Å². The predicted molar refractivity (Wildman–Crippen MR) is 179 cm³/mol. The Kier molecular flexibility index (Phi) is 9.98.